The summed E-state index contributed by atoms with van der Waals surface area (Å²) >= 11 is 0. The second-order valence-electron chi connectivity index (χ2n) is 11.8. The first-order valence-electron chi connectivity index (χ1n) is 14.9. The number of ether oxygens (including phenoxy) is 6. The Morgan fingerprint density at radius 1 is 1.14 bits per heavy atom. The van der Waals surface area contributed by atoms with Crippen molar-refractivity contribution in [3.05, 3.63) is 52.1 Å². The second kappa shape index (κ2) is 11.8. The summed E-state index contributed by atoms with van der Waals surface area (Å²) in [7, 11) is 5.33. The standard InChI is InChI=1S/C33H40N4O7/c1-8-9-41-30-18(3)31-33(44-16-43-31)27-21(30)12-23-28-26-20(10-17(2)29(40-7)32(26)42-15-39-6)11-22(36(28)5)24(13-34)37(23)25(27)14-35-19(4)38/h8,10,22-25,28H,1,9,11-12,14-16H2,2-7H3,(H,35,38)/t22?,23?,24?,25-,28?/m0/s1. The lowest BCUT2D eigenvalue weighted by Gasteiger charge is -2.60. The number of nitrogens with zero attached hydrogens (tertiary/aromatic N) is 3. The predicted molar refractivity (Wildman–Crippen MR) is 161 cm³/mol. The van der Waals surface area contributed by atoms with Gasteiger partial charge in [0.15, 0.2) is 29.8 Å². The fourth-order valence-corrected chi connectivity index (χ4v) is 7.84. The van der Waals surface area contributed by atoms with Crippen molar-refractivity contribution in [1.29, 1.82) is 5.26 Å². The van der Waals surface area contributed by atoms with E-state index < -0.39 is 6.04 Å². The molecule has 4 aliphatic heterocycles. The Morgan fingerprint density at radius 3 is 2.59 bits per heavy atom. The zero-order valence-corrected chi connectivity index (χ0v) is 26.2. The summed E-state index contributed by atoms with van der Waals surface area (Å²) in [5.41, 5.74) is 5.87. The third-order valence-corrected chi connectivity index (χ3v) is 9.46. The molecule has 5 atom stereocenters. The summed E-state index contributed by atoms with van der Waals surface area (Å²) in [6.07, 6.45) is 2.93. The molecule has 11 nitrogen and oxygen atoms in total. The molecule has 1 N–H and O–H groups in total. The van der Waals surface area contributed by atoms with Gasteiger partial charge in [-0.1, -0.05) is 18.7 Å². The van der Waals surface area contributed by atoms with E-state index in [2.05, 4.69) is 40.9 Å². The van der Waals surface area contributed by atoms with Gasteiger partial charge in [0.05, 0.1) is 25.3 Å². The predicted octanol–water partition coefficient (Wildman–Crippen LogP) is 3.50. The maximum atomic E-state index is 12.3. The van der Waals surface area contributed by atoms with Crippen LogP contribution in [-0.4, -0.2) is 81.8 Å². The summed E-state index contributed by atoms with van der Waals surface area (Å²) in [6, 6.07) is 3.52. The Morgan fingerprint density at radius 2 is 1.91 bits per heavy atom. The monoisotopic (exact) mass is 604 g/mol. The van der Waals surface area contributed by atoms with Crippen LogP contribution in [0.3, 0.4) is 0 Å². The molecule has 1 fully saturated rings. The van der Waals surface area contributed by atoms with E-state index in [1.54, 1.807) is 20.3 Å². The smallest absolute Gasteiger partial charge is 0.231 e. The lowest BCUT2D eigenvalue weighted by Crippen LogP contribution is -2.68. The number of fused-ring (bicyclic) bond motifs is 9. The van der Waals surface area contributed by atoms with Crippen molar-refractivity contribution >= 4 is 5.91 Å². The zero-order chi connectivity index (χ0) is 31.3. The van der Waals surface area contributed by atoms with Crippen molar-refractivity contribution in [2.45, 2.75) is 63.8 Å². The number of aryl methyl sites for hydroxylation is 1. The first-order chi connectivity index (χ1) is 21.3. The van der Waals surface area contributed by atoms with Gasteiger partial charge in [-0.2, -0.15) is 5.26 Å². The highest BCUT2D eigenvalue weighted by atomic mass is 16.7. The van der Waals surface area contributed by atoms with Crippen LogP contribution < -0.4 is 29.0 Å². The average Bonchev–Trinajstić information content (AvgIpc) is 3.49. The summed E-state index contributed by atoms with van der Waals surface area (Å²) in [5.74, 6) is 3.19. The molecule has 0 spiro atoms. The second-order valence-corrected chi connectivity index (χ2v) is 11.8. The number of hydrogen-bond acceptors (Lipinski definition) is 10. The van der Waals surface area contributed by atoms with Crippen molar-refractivity contribution in [3.63, 3.8) is 0 Å². The van der Waals surface area contributed by atoms with E-state index in [9.17, 15) is 10.1 Å². The summed E-state index contributed by atoms with van der Waals surface area (Å²) in [6.45, 7) is 10.1. The van der Waals surface area contributed by atoms with Crippen LogP contribution in [0.15, 0.2) is 18.7 Å². The highest BCUT2D eigenvalue weighted by Gasteiger charge is 2.57. The number of methoxy groups -OCH3 is 2. The maximum Gasteiger partial charge on any atom is 0.231 e. The third kappa shape index (κ3) is 4.55. The van der Waals surface area contributed by atoms with Gasteiger partial charge in [0.2, 0.25) is 12.7 Å². The van der Waals surface area contributed by atoms with Gasteiger partial charge in [0.1, 0.15) is 18.4 Å². The molecule has 4 heterocycles. The van der Waals surface area contributed by atoms with Crippen LogP contribution in [0.2, 0.25) is 0 Å². The maximum absolute atomic E-state index is 12.3. The molecule has 11 heteroatoms. The summed E-state index contributed by atoms with van der Waals surface area (Å²) in [4.78, 5) is 16.9. The molecule has 0 radical (unpaired) electrons. The molecule has 0 saturated carbocycles. The molecular weight excluding hydrogens is 564 g/mol. The number of nitrogens with one attached hydrogen (secondary N) is 1. The normalized spacial score (nSPS) is 24.8. The van der Waals surface area contributed by atoms with Gasteiger partial charge in [0.25, 0.3) is 0 Å². The Kier molecular flexibility index (Phi) is 8.09. The van der Waals surface area contributed by atoms with E-state index in [0.717, 1.165) is 39.1 Å². The van der Waals surface area contributed by atoms with Crippen molar-refractivity contribution in [3.8, 4) is 34.8 Å². The minimum Gasteiger partial charge on any atom is -0.493 e. The van der Waals surface area contributed by atoms with Crippen LogP contribution >= 0.6 is 0 Å². The quantitative estimate of drug-likeness (QED) is 0.337. The topological polar surface area (TPSA) is 115 Å². The molecule has 44 heavy (non-hydrogen) atoms. The van der Waals surface area contributed by atoms with Crippen LogP contribution in [-0.2, 0) is 22.4 Å². The van der Waals surface area contributed by atoms with Gasteiger partial charge in [-0.15, -0.1) is 0 Å². The molecule has 234 valence electrons. The SMILES string of the molecule is C=CCOc1c(C)c2c(c3c1CC1C4c5c(cc(C)c(OC)c5OCOC)CC(C(C#N)N1[C@H]3CNC(C)=O)N4C)OCO2. The zero-order valence-electron chi connectivity index (χ0n) is 26.2. The number of carbonyl (C=O) groups is 1. The summed E-state index contributed by atoms with van der Waals surface area (Å²) in [5, 5.41) is 13.9. The highest BCUT2D eigenvalue weighted by molar-refractivity contribution is 5.73. The first-order valence-corrected chi connectivity index (χ1v) is 14.9. The van der Waals surface area contributed by atoms with E-state index in [1.807, 2.05) is 13.8 Å². The van der Waals surface area contributed by atoms with E-state index in [1.165, 1.54) is 6.92 Å². The minimum absolute atomic E-state index is 0.0670. The number of rotatable bonds is 9. The first kappa shape index (κ1) is 30.1. The molecule has 4 aliphatic rings. The number of hydrogen-bond donors (Lipinski definition) is 1. The Hall–Kier alpha value is -3.98. The van der Waals surface area contributed by atoms with Crippen molar-refractivity contribution in [2.24, 2.45) is 0 Å². The van der Waals surface area contributed by atoms with Crippen LogP contribution in [0, 0.1) is 25.2 Å². The molecule has 6 rings (SSSR count). The Balaban J connectivity index is 1.61. The Bertz CT molecular complexity index is 1540. The highest BCUT2D eigenvalue weighted by Crippen LogP contribution is 2.58. The van der Waals surface area contributed by atoms with Crippen LogP contribution in [0.1, 0.15) is 52.4 Å². The average molecular weight is 605 g/mol. The molecule has 2 bridgehead atoms. The number of nitriles is 1. The molecule has 0 aromatic heterocycles. The van der Waals surface area contributed by atoms with E-state index in [4.69, 9.17) is 28.4 Å². The number of piperazine rings is 1. The lowest BCUT2D eigenvalue weighted by atomic mass is 9.71. The number of carbonyl (C=O) groups excluding carboxylic acids is 1. The van der Waals surface area contributed by atoms with Crippen LogP contribution in [0.5, 0.6) is 28.7 Å². The van der Waals surface area contributed by atoms with Gasteiger partial charge in [-0.25, -0.2) is 0 Å². The lowest BCUT2D eigenvalue weighted by molar-refractivity contribution is -0.120. The number of amides is 1. The van der Waals surface area contributed by atoms with Gasteiger partial charge >= 0.3 is 0 Å². The van der Waals surface area contributed by atoms with Crippen molar-refractivity contribution in [2.75, 3.05) is 48.0 Å². The molecule has 1 amide bonds. The summed E-state index contributed by atoms with van der Waals surface area (Å²) < 4.78 is 35.9. The van der Waals surface area contributed by atoms with Crippen molar-refractivity contribution < 1.29 is 33.2 Å². The van der Waals surface area contributed by atoms with Gasteiger partial charge < -0.3 is 33.7 Å². The van der Waals surface area contributed by atoms with E-state index in [0.29, 0.717) is 42.4 Å². The molecule has 0 aliphatic carbocycles. The van der Waals surface area contributed by atoms with E-state index >= 15 is 0 Å². The van der Waals surface area contributed by atoms with Crippen LogP contribution in [0.25, 0.3) is 0 Å². The number of benzene rings is 2. The van der Waals surface area contributed by atoms with Gasteiger partial charge in [-0.05, 0) is 44.9 Å². The molecule has 1 saturated heterocycles. The molecule has 4 unspecified atom stereocenters. The van der Waals surface area contributed by atoms with Gasteiger partial charge in [0, 0.05) is 54.9 Å². The third-order valence-electron chi connectivity index (χ3n) is 9.46. The Labute approximate surface area is 258 Å². The fraction of sp³-hybridized carbons (Fsp3) is 0.515. The van der Waals surface area contributed by atoms with Gasteiger partial charge in [-0.3, -0.25) is 14.6 Å². The fourth-order valence-electron chi connectivity index (χ4n) is 7.84. The molecular formula is C33H40N4O7. The van der Waals surface area contributed by atoms with Crippen LogP contribution in [0.4, 0.5) is 0 Å². The van der Waals surface area contributed by atoms with Crippen molar-refractivity contribution in [1.82, 2.24) is 15.1 Å². The van der Waals surface area contributed by atoms with E-state index in [-0.39, 0.29) is 50.2 Å². The molecule has 2 aromatic rings. The minimum atomic E-state index is -0.469. The number of likely N-dealkylation sites (N-methyl/N-ethyl adjacent to an activating group) is 1. The molecule has 2 aromatic carbocycles. The largest absolute Gasteiger partial charge is 0.493 e.